The lowest BCUT2D eigenvalue weighted by Crippen LogP contribution is -2.07. The second-order valence-electron chi connectivity index (χ2n) is 3.88. The number of carboxylic acid groups (broad SMARTS) is 1. The average Bonchev–Trinajstić information content (AvgIpc) is 2.83. The van der Waals surface area contributed by atoms with Gasteiger partial charge in [-0.25, -0.2) is 9.78 Å². The van der Waals surface area contributed by atoms with Crippen molar-refractivity contribution in [2.45, 2.75) is 20.1 Å². The van der Waals surface area contributed by atoms with Crippen molar-refractivity contribution < 1.29 is 14.6 Å². The number of ether oxygens (including phenoxy) is 1. The third kappa shape index (κ3) is 2.88. The fraction of sp³-hybridized carbons (Fsp3) is 0.231. The molecule has 19 heavy (non-hydrogen) atoms. The fourth-order valence-electron chi connectivity index (χ4n) is 1.74. The molecule has 1 heterocycles. The number of aromatic carboxylic acids is 1. The summed E-state index contributed by atoms with van der Waals surface area (Å²) in [6.45, 7) is 3.02. The molecule has 0 saturated heterocycles. The first-order valence-electron chi connectivity index (χ1n) is 5.77. The predicted molar refractivity (Wildman–Crippen MR) is 70.6 cm³/mol. The number of rotatable bonds is 5. The van der Waals surface area contributed by atoms with E-state index < -0.39 is 5.97 Å². The minimum Gasteiger partial charge on any atom is -0.486 e. The van der Waals surface area contributed by atoms with Crippen LogP contribution in [0.3, 0.4) is 0 Å². The SMILES string of the molecule is CCn1cncc1COc1cccc(Cl)c1C(=O)O. The van der Waals surface area contributed by atoms with Gasteiger partial charge >= 0.3 is 5.97 Å². The van der Waals surface area contributed by atoms with Crippen LogP contribution in [0.5, 0.6) is 5.75 Å². The van der Waals surface area contributed by atoms with Crippen LogP contribution in [0.2, 0.25) is 5.02 Å². The van der Waals surface area contributed by atoms with Crippen LogP contribution in [-0.2, 0) is 13.2 Å². The molecule has 0 radical (unpaired) electrons. The van der Waals surface area contributed by atoms with Gasteiger partial charge in [0.2, 0.25) is 0 Å². The zero-order valence-corrected chi connectivity index (χ0v) is 11.1. The molecule has 1 aromatic carbocycles. The lowest BCUT2D eigenvalue weighted by molar-refractivity contribution is 0.0692. The Balaban J connectivity index is 2.20. The quantitative estimate of drug-likeness (QED) is 0.915. The third-order valence-electron chi connectivity index (χ3n) is 2.70. The highest BCUT2D eigenvalue weighted by atomic mass is 35.5. The number of benzene rings is 1. The Morgan fingerprint density at radius 2 is 2.32 bits per heavy atom. The van der Waals surface area contributed by atoms with E-state index in [1.165, 1.54) is 6.07 Å². The Bertz CT molecular complexity index is 595. The molecule has 0 saturated carbocycles. The zero-order chi connectivity index (χ0) is 13.8. The molecule has 0 bridgehead atoms. The first-order chi connectivity index (χ1) is 9.13. The number of carboxylic acids is 1. The number of imidazole rings is 1. The second kappa shape index (κ2) is 5.75. The number of aromatic nitrogens is 2. The van der Waals surface area contributed by atoms with Crippen molar-refractivity contribution in [2.75, 3.05) is 0 Å². The largest absolute Gasteiger partial charge is 0.486 e. The molecule has 100 valence electrons. The molecule has 5 nitrogen and oxygen atoms in total. The van der Waals surface area contributed by atoms with Gasteiger partial charge in [-0.1, -0.05) is 17.7 Å². The van der Waals surface area contributed by atoms with Crippen molar-refractivity contribution >= 4 is 17.6 Å². The maximum absolute atomic E-state index is 11.1. The minimum atomic E-state index is -1.11. The van der Waals surface area contributed by atoms with Crippen molar-refractivity contribution in [3.8, 4) is 5.75 Å². The molecule has 1 aromatic heterocycles. The Morgan fingerprint density at radius 1 is 1.53 bits per heavy atom. The topological polar surface area (TPSA) is 64.4 Å². The Morgan fingerprint density at radius 3 is 3.00 bits per heavy atom. The molecule has 0 unspecified atom stereocenters. The molecule has 0 fully saturated rings. The maximum atomic E-state index is 11.1. The second-order valence-corrected chi connectivity index (χ2v) is 4.28. The van der Waals surface area contributed by atoms with Crippen LogP contribution >= 0.6 is 11.6 Å². The van der Waals surface area contributed by atoms with Crippen LogP contribution in [-0.4, -0.2) is 20.6 Å². The van der Waals surface area contributed by atoms with E-state index in [-0.39, 0.29) is 22.9 Å². The first-order valence-corrected chi connectivity index (χ1v) is 6.15. The number of hydrogen-bond donors (Lipinski definition) is 1. The average molecular weight is 281 g/mol. The van der Waals surface area contributed by atoms with Gasteiger partial charge in [0.05, 0.1) is 23.2 Å². The van der Waals surface area contributed by atoms with Gasteiger partial charge in [0, 0.05) is 6.54 Å². The zero-order valence-electron chi connectivity index (χ0n) is 10.3. The van der Waals surface area contributed by atoms with Gasteiger partial charge in [-0.05, 0) is 19.1 Å². The molecular weight excluding hydrogens is 268 g/mol. The van der Waals surface area contributed by atoms with Crippen molar-refractivity contribution in [3.63, 3.8) is 0 Å². The van der Waals surface area contributed by atoms with E-state index in [0.717, 1.165) is 12.2 Å². The molecule has 2 aromatic rings. The molecule has 0 aliphatic rings. The van der Waals surface area contributed by atoms with Crippen LogP contribution in [0.15, 0.2) is 30.7 Å². The number of carbonyl (C=O) groups is 1. The Kier molecular flexibility index (Phi) is 4.06. The summed E-state index contributed by atoms with van der Waals surface area (Å²) in [4.78, 5) is 15.2. The van der Waals surface area contributed by atoms with Crippen LogP contribution in [0, 0.1) is 0 Å². The van der Waals surface area contributed by atoms with Crippen LogP contribution in [0.1, 0.15) is 23.0 Å². The van der Waals surface area contributed by atoms with Crippen molar-refractivity contribution in [3.05, 3.63) is 47.0 Å². The van der Waals surface area contributed by atoms with Crippen LogP contribution in [0.25, 0.3) is 0 Å². The van der Waals surface area contributed by atoms with E-state index >= 15 is 0 Å². The van der Waals surface area contributed by atoms with Crippen LogP contribution in [0.4, 0.5) is 0 Å². The summed E-state index contributed by atoms with van der Waals surface area (Å²) in [5.74, 6) is -0.853. The molecule has 2 rings (SSSR count). The Labute approximate surface area is 115 Å². The van der Waals surface area contributed by atoms with Gasteiger partial charge in [-0.2, -0.15) is 0 Å². The van der Waals surface area contributed by atoms with Gasteiger partial charge in [-0.15, -0.1) is 0 Å². The van der Waals surface area contributed by atoms with E-state index in [2.05, 4.69) is 4.98 Å². The summed E-state index contributed by atoms with van der Waals surface area (Å²) in [7, 11) is 0. The number of hydrogen-bond acceptors (Lipinski definition) is 3. The molecule has 0 atom stereocenters. The van der Waals surface area contributed by atoms with Crippen molar-refractivity contribution in [1.29, 1.82) is 0 Å². The number of nitrogens with zero attached hydrogens (tertiary/aromatic N) is 2. The molecule has 0 amide bonds. The molecular formula is C13H13ClN2O3. The van der Waals surface area contributed by atoms with Gasteiger partial charge < -0.3 is 14.4 Å². The monoisotopic (exact) mass is 280 g/mol. The van der Waals surface area contributed by atoms with Crippen molar-refractivity contribution in [2.24, 2.45) is 0 Å². The van der Waals surface area contributed by atoms with E-state index in [0.29, 0.717) is 0 Å². The molecule has 0 aliphatic carbocycles. The highest BCUT2D eigenvalue weighted by Crippen LogP contribution is 2.27. The van der Waals surface area contributed by atoms with Crippen LogP contribution < -0.4 is 4.74 Å². The lowest BCUT2D eigenvalue weighted by Gasteiger charge is -2.11. The first kappa shape index (κ1) is 13.4. The molecule has 0 spiro atoms. The normalized spacial score (nSPS) is 10.4. The Hall–Kier alpha value is -2.01. The van der Waals surface area contributed by atoms with E-state index in [4.69, 9.17) is 21.4 Å². The smallest absolute Gasteiger partial charge is 0.341 e. The van der Waals surface area contributed by atoms with Gasteiger partial charge in [0.25, 0.3) is 0 Å². The highest BCUT2D eigenvalue weighted by molar-refractivity contribution is 6.33. The third-order valence-corrected chi connectivity index (χ3v) is 3.02. The van der Waals surface area contributed by atoms with Gasteiger partial charge in [0.15, 0.2) is 0 Å². The fourth-order valence-corrected chi connectivity index (χ4v) is 1.98. The summed E-state index contributed by atoms with van der Waals surface area (Å²) < 4.78 is 7.46. The standard InChI is InChI=1S/C13H13ClN2O3/c1-2-16-8-15-6-9(16)7-19-11-5-3-4-10(14)12(11)13(17)18/h3-6,8H,2,7H2,1H3,(H,17,18). The summed E-state index contributed by atoms with van der Waals surface area (Å²) >= 11 is 5.87. The summed E-state index contributed by atoms with van der Waals surface area (Å²) in [6.07, 6.45) is 3.39. The van der Waals surface area contributed by atoms with Gasteiger partial charge in [0.1, 0.15) is 17.9 Å². The number of aryl methyl sites for hydroxylation is 1. The maximum Gasteiger partial charge on any atom is 0.341 e. The predicted octanol–water partition coefficient (Wildman–Crippen LogP) is 2.83. The van der Waals surface area contributed by atoms with Gasteiger partial charge in [-0.3, -0.25) is 0 Å². The molecule has 6 heteroatoms. The highest BCUT2D eigenvalue weighted by Gasteiger charge is 2.15. The number of halogens is 1. The minimum absolute atomic E-state index is 0.0215. The van der Waals surface area contributed by atoms with Crippen molar-refractivity contribution in [1.82, 2.24) is 9.55 Å². The van der Waals surface area contributed by atoms with E-state index in [1.807, 2.05) is 11.5 Å². The molecule has 1 N–H and O–H groups in total. The summed E-state index contributed by atoms with van der Waals surface area (Å²) in [5, 5.41) is 9.28. The van der Waals surface area contributed by atoms with E-state index in [9.17, 15) is 4.79 Å². The summed E-state index contributed by atoms with van der Waals surface area (Å²) in [5.41, 5.74) is 0.852. The van der Waals surface area contributed by atoms with E-state index in [1.54, 1.807) is 24.7 Å². The summed E-state index contributed by atoms with van der Waals surface area (Å²) in [6, 6.07) is 4.76. The molecule has 0 aliphatic heterocycles. The lowest BCUT2D eigenvalue weighted by atomic mass is 10.2.